The lowest BCUT2D eigenvalue weighted by Crippen LogP contribution is -2.35. The van der Waals surface area contributed by atoms with Crippen molar-refractivity contribution in [3.8, 4) is 0 Å². The molecule has 0 spiro atoms. The lowest BCUT2D eigenvalue weighted by Gasteiger charge is -2.29. The number of cyclic esters (lactones) is 1. The summed E-state index contributed by atoms with van der Waals surface area (Å²) in [6.45, 7) is 0.00488. The summed E-state index contributed by atoms with van der Waals surface area (Å²) in [6, 6.07) is 8.96. The summed E-state index contributed by atoms with van der Waals surface area (Å²) in [6.07, 6.45) is 4.50. The fraction of sp³-hybridized carbons (Fsp3) is 0.421. The molecule has 0 unspecified atom stereocenters. The van der Waals surface area contributed by atoms with Gasteiger partial charge in [0.2, 0.25) is 5.91 Å². The molecular weight excluding hydrogens is 322 g/mol. The number of carbonyl (C=O) groups excluding carboxylic acids is 2. The van der Waals surface area contributed by atoms with Gasteiger partial charge in [-0.25, -0.2) is 0 Å². The number of likely N-dealkylation sites (N-methyl/N-ethyl adjacent to an activating group) is 1. The molecule has 1 N–H and O–H groups in total. The number of benzene rings is 1. The van der Waals surface area contributed by atoms with Gasteiger partial charge in [-0.3, -0.25) is 14.4 Å². The third-order valence-electron chi connectivity index (χ3n) is 4.30. The number of carbonyl (C=O) groups is 3. The van der Waals surface area contributed by atoms with Gasteiger partial charge in [-0.2, -0.15) is 0 Å². The van der Waals surface area contributed by atoms with E-state index in [1.54, 1.807) is 18.0 Å². The molecule has 1 aliphatic rings. The number of nitrogens with zero attached hydrogens (tertiary/aromatic N) is 1. The van der Waals surface area contributed by atoms with Crippen LogP contribution in [0.3, 0.4) is 0 Å². The van der Waals surface area contributed by atoms with Crippen molar-refractivity contribution in [3.05, 3.63) is 48.0 Å². The van der Waals surface area contributed by atoms with Crippen molar-refractivity contribution >= 4 is 17.8 Å². The zero-order valence-corrected chi connectivity index (χ0v) is 14.3. The number of aliphatic carboxylic acids is 1. The Bertz CT molecular complexity index is 640. The first-order valence-corrected chi connectivity index (χ1v) is 8.33. The number of hydrogen-bond acceptors (Lipinski definition) is 4. The van der Waals surface area contributed by atoms with Crippen molar-refractivity contribution in [1.82, 2.24) is 4.90 Å². The minimum absolute atomic E-state index is 0.00488. The van der Waals surface area contributed by atoms with Crippen molar-refractivity contribution in [3.63, 3.8) is 0 Å². The van der Waals surface area contributed by atoms with Gasteiger partial charge in [0.25, 0.3) is 0 Å². The van der Waals surface area contributed by atoms with Crippen molar-refractivity contribution in [2.75, 3.05) is 13.7 Å². The predicted molar refractivity (Wildman–Crippen MR) is 91.6 cm³/mol. The van der Waals surface area contributed by atoms with E-state index in [4.69, 9.17) is 9.84 Å². The van der Waals surface area contributed by atoms with E-state index in [-0.39, 0.29) is 18.9 Å². The molecule has 0 saturated heterocycles. The van der Waals surface area contributed by atoms with Gasteiger partial charge in [0.05, 0.1) is 18.4 Å². The van der Waals surface area contributed by atoms with Crippen molar-refractivity contribution in [1.29, 1.82) is 0 Å². The smallest absolute Gasteiger partial charge is 0.309 e. The molecule has 134 valence electrons. The first-order valence-electron chi connectivity index (χ1n) is 8.33. The van der Waals surface area contributed by atoms with Gasteiger partial charge in [-0.05, 0) is 18.4 Å². The van der Waals surface area contributed by atoms with Crippen LogP contribution in [0, 0.1) is 5.92 Å². The van der Waals surface area contributed by atoms with Crippen LogP contribution in [0.1, 0.15) is 37.3 Å². The molecule has 0 bridgehead atoms. The summed E-state index contributed by atoms with van der Waals surface area (Å²) < 4.78 is 5.38. The van der Waals surface area contributed by atoms with E-state index in [2.05, 4.69) is 0 Å². The SMILES string of the molecule is CN1C(=O)CC/C=C\C[C@@H](CC(=O)O)C(=O)OC[C@H]1c1ccccc1. The summed E-state index contributed by atoms with van der Waals surface area (Å²) >= 11 is 0. The quantitative estimate of drug-likeness (QED) is 0.672. The van der Waals surface area contributed by atoms with Gasteiger partial charge in [0.15, 0.2) is 0 Å². The van der Waals surface area contributed by atoms with Gasteiger partial charge >= 0.3 is 11.9 Å². The van der Waals surface area contributed by atoms with Crippen LogP contribution in [0.5, 0.6) is 0 Å². The van der Waals surface area contributed by atoms with Crippen LogP contribution in [0.2, 0.25) is 0 Å². The molecule has 0 radical (unpaired) electrons. The maximum Gasteiger partial charge on any atom is 0.309 e. The molecule has 1 heterocycles. The lowest BCUT2D eigenvalue weighted by atomic mass is 10.0. The van der Waals surface area contributed by atoms with Crippen molar-refractivity contribution in [2.45, 2.75) is 31.7 Å². The van der Waals surface area contributed by atoms with E-state index >= 15 is 0 Å². The minimum Gasteiger partial charge on any atom is -0.481 e. The zero-order chi connectivity index (χ0) is 18.2. The molecule has 0 saturated carbocycles. The third kappa shape index (κ3) is 5.45. The van der Waals surface area contributed by atoms with E-state index in [1.807, 2.05) is 36.4 Å². The number of amides is 1. The number of ether oxygens (including phenoxy) is 1. The average molecular weight is 345 g/mol. The fourth-order valence-corrected chi connectivity index (χ4v) is 2.79. The maximum absolute atomic E-state index is 12.4. The predicted octanol–water partition coefficient (Wildman–Crippen LogP) is 2.56. The molecule has 25 heavy (non-hydrogen) atoms. The lowest BCUT2D eigenvalue weighted by molar-refractivity contribution is -0.155. The second-order valence-electron chi connectivity index (χ2n) is 6.10. The first kappa shape index (κ1) is 18.7. The third-order valence-corrected chi connectivity index (χ3v) is 4.30. The molecule has 0 aliphatic carbocycles. The van der Waals surface area contributed by atoms with E-state index in [0.717, 1.165) is 5.56 Å². The van der Waals surface area contributed by atoms with Gasteiger partial charge in [0.1, 0.15) is 6.61 Å². The Balaban J connectivity index is 2.23. The van der Waals surface area contributed by atoms with Crippen LogP contribution >= 0.6 is 0 Å². The Labute approximate surface area is 147 Å². The van der Waals surface area contributed by atoms with E-state index in [1.165, 1.54) is 0 Å². The zero-order valence-electron chi connectivity index (χ0n) is 14.3. The number of carboxylic acid groups (broad SMARTS) is 1. The average Bonchev–Trinajstić information content (AvgIpc) is 2.59. The highest BCUT2D eigenvalue weighted by Crippen LogP contribution is 2.23. The van der Waals surface area contributed by atoms with Gasteiger partial charge in [0, 0.05) is 13.5 Å². The molecule has 1 aliphatic heterocycles. The number of rotatable bonds is 3. The number of esters is 1. The molecule has 0 fully saturated rings. The molecule has 6 heteroatoms. The summed E-state index contributed by atoms with van der Waals surface area (Å²) in [5.41, 5.74) is 0.869. The molecule has 2 atom stereocenters. The van der Waals surface area contributed by atoms with Gasteiger partial charge in [-0.15, -0.1) is 0 Å². The van der Waals surface area contributed by atoms with E-state index in [9.17, 15) is 14.4 Å². The van der Waals surface area contributed by atoms with Crippen LogP contribution in [0.25, 0.3) is 0 Å². The second kappa shape index (κ2) is 9.01. The summed E-state index contributed by atoms with van der Waals surface area (Å²) in [5, 5.41) is 8.99. The molecule has 1 aromatic rings. The monoisotopic (exact) mass is 345 g/mol. The Morgan fingerprint density at radius 1 is 1.24 bits per heavy atom. The number of hydrogen-bond donors (Lipinski definition) is 1. The number of allylic oxidation sites excluding steroid dienone is 2. The summed E-state index contributed by atoms with van der Waals surface area (Å²) in [4.78, 5) is 37.3. The topological polar surface area (TPSA) is 83.9 Å². The van der Waals surface area contributed by atoms with Crippen LogP contribution in [-0.2, 0) is 19.1 Å². The van der Waals surface area contributed by atoms with Crippen LogP contribution in [0.15, 0.2) is 42.5 Å². The standard InChI is InChI=1S/C19H23NO5/c1-20-16(14-8-4-2-5-9-14)13-25-19(24)15(12-18(22)23)10-6-3-7-11-17(20)21/h2-6,8-9,15-16H,7,10-13H2,1H3,(H,22,23)/b6-3-/t15-,16-/m0/s1. The Hall–Kier alpha value is -2.63. The first-order chi connectivity index (χ1) is 12.0. The van der Waals surface area contributed by atoms with Gasteiger partial charge < -0.3 is 14.7 Å². The molecular formula is C19H23NO5. The molecule has 1 amide bonds. The maximum atomic E-state index is 12.4. The summed E-state index contributed by atoms with van der Waals surface area (Å²) in [7, 11) is 1.69. The summed E-state index contributed by atoms with van der Waals surface area (Å²) in [5.74, 6) is -2.33. The Morgan fingerprint density at radius 3 is 2.64 bits per heavy atom. The van der Waals surface area contributed by atoms with Crippen LogP contribution in [-0.4, -0.2) is 41.5 Å². The van der Waals surface area contributed by atoms with Crippen LogP contribution in [0.4, 0.5) is 0 Å². The highest BCUT2D eigenvalue weighted by Gasteiger charge is 2.27. The molecule has 0 aromatic heterocycles. The highest BCUT2D eigenvalue weighted by molar-refractivity contribution is 5.79. The van der Waals surface area contributed by atoms with Gasteiger partial charge in [-0.1, -0.05) is 42.5 Å². The Morgan fingerprint density at radius 2 is 1.96 bits per heavy atom. The highest BCUT2D eigenvalue weighted by atomic mass is 16.5. The van der Waals surface area contributed by atoms with E-state index < -0.39 is 23.9 Å². The largest absolute Gasteiger partial charge is 0.481 e. The second-order valence-corrected chi connectivity index (χ2v) is 6.10. The van der Waals surface area contributed by atoms with Crippen molar-refractivity contribution in [2.24, 2.45) is 5.92 Å². The number of carboxylic acids is 1. The normalized spacial score (nSPS) is 24.0. The molecule has 1 aromatic carbocycles. The van der Waals surface area contributed by atoms with Crippen LogP contribution < -0.4 is 0 Å². The van der Waals surface area contributed by atoms with E-state index in [0.29, 0.717) is 19.3 Å². The van der Waals surface area contributed by atoms with Crippen molar-refractivity contribution < 1.29 is 24.2 Å². The fourth-order valence-electron chi connectivity index (χ4n) is 2.79. The molecule has 6 nitrogen and oxygen atoms in total. The Kier molecular flexibility index (Phi) is 6.74. The molecule has 2 rings (SSSR count). The minimum atomic E-state index is -1.03.